The molecule has 1 amide bonds. The second-order valence-corrected chi connectivity index (χ2v) is 11.9. The van der Waals surface area contributed by atoms with Crippen molar-refractivity contribution in [3.63, 3.8) is 0 Å². The number of aryl methyl sites for hydroxylation is 1. The summed E-state index contributed by atoms with van der Waals surface area (Å²) in [7, 11) is 1.64. The first-order chi connectivity index (χ1) is 18.4. The number of amides is 1. The summed E-state index contributed by atoms with van der Waals surface area (Å²) in [6.07, 6.45) is 6.80. The lowest BCUT2D eigenvalue weighted by Crippen LogP contribution is -2.40. The molecule has 1 aliphatic carbocycles. The summed E-state index contributed by atoms with van der Waals surface area (Å²) in [4.78, 5) is 30.5. The summed E-state index contributed by atoms with van der Waals surface area (Å²) in [5.41, 5.74) is 1.61. The number of morpholine rings is 1. The van der Waals surface area contributed by atoms with Gasteiger partial charge in [0, 0.05) is 38.3 Å². The van der Waals surface area contributed by atoms with Gasteiger partial charge in [-0.3, -0.25) is 9.59 Å². The maximum Gasteiger partial charge on any atom is 0.263 e. The van der Waals surface area contributed by atoms with Crippen molar-refractivity contribution >= 4 is 28.8 Å². The van der Waals surface area contributed by atoms with Crippen LogP contribution in [0.2, 0.25) is 0 Å². The maximum absolute atomic E-state index is 13.2. The molecule has 3 aromatic rings. The molecule has 1 aromatic carbocycles. The van der Waals surface area contributed by atoms with Gasteiger partial charge < -0.3 is 19.4 Å². The van der Waals surface area contributed by atoms with Crippen LogP contribution in [0.4, 0.5) is 0 Å². The van der Waals surface area contributed by atoms with E-state index < -0.39 is 11.5 Å². The van der Waals surface area contributed by atoms with Gasteiger partial charge in [0.15, 0.2) is 0 Å². The highest BCUT2D eigenvalue weighted by Gasteiger charge is 2.48. The van der Waals surface area contributed by atoms with Gasteiger partial charge in [0.05, 0.1) is 28.6 Å². The molecular formula is C28H29N5O4S. The third-order valence-corrected chi connectivity index (χ3v) is 8.96. The Morgan fingerprint density at radius 1 is 1.24 bits per heavy atom. The Labute approximate surface area is 224 Å². The predicted molar refractivity (Wildman–Crippen MR) is 144 cm³/mol. The van der Waals surface area contributed by atoms with E-state index in [-0.39, 0.29) is 16.9 Å². The standard InChI is InChI=1S/C28H29N5O4S/c1-32-24-20(12-23(27(32)35)25(34)31-14-19-4-2-18(13-29)3-5-19)8-11-30-26(24)36-17-28(9-10-28)38-33-15-21-6-7-22(16-33)37-21/h2-5,8,11-12,21-22H,6-7,9-10,14-17H2,1H3,(H,31,34). The van der Waals surface area contributed by atoms with Crippen LogP contribution in [0.25, 0.3) is 10.9 Å². The first kappa shape index (κ1) is 24.9. The van der Waals surface area contributed by atoms with Gasteiger partial charge in [0.1, 0.15) is 17.7 Å². The number of nitrogens with zero attached hydrogens (tertiary/aromatic N) is 4. The second-order valence-electron chi connectivity index (χ2n) is 10.3. The number of aromatic nitrogens is 2. The van der Waals surface area contributed by atoms with Gasteiger partial charge >= 0.3 is 0 Å². The number of hydrogen-bond acceptors (Lipinski definition) is 8. The van der Waals surface area contributed by atoms with Crippen molar-refractivity contribution in [2.24, 2.45) is 7.05 Å². The number of benzene rings is 1. The van der Waals surface area contributed by atoms with Gasteiger partial charge in [-0.2, -0.15) is 5.26 Å². The molecule has 2 aliphatic heterocycles. The third kappa shape index (κ3) is 5.01. The van der Waals surface area contributed by atoms with E-state index in [9.17, 15) is 9.59 Å². The number of nitrogens with one attached hydrogen (secondary N) is 1. The molecule has 10 heteroatoms. The van der Waals surface area contributed by atoms with Gasteiger partial charge in [-0.1, -0.05) is 24.1 Å². The predicted octanol–water partition coefficient (Wildman–Crippen LogP) is 3.16. The van der Waals surface area contributed by atoms with Crippen LogP contribution in [0.3, 0.4) is 0 Å². The molecule has 6 rings (SSSR count). The molecule has 4 heterocycles. The monoisotopic (exact) mass is 531 g/mol. The van der Waals surface area contributed by atoms with Crippen molar-refractivity contribution in [1.82, 2.24) is 19.2 Å². The minimum Gasteiger partial charge on any atom is -0.475 e. The van der Waals surface area contributed by atoms with Crippen molar-refractivity contribution < 1.29 is 14.3 Å². The number of nitriles is 1. The van der Waals surface area contributed by atoms with E-state index in [1.54, 1.807) is 49.6 Å². The van der Waals surface area contributed by atoms with Crippen molar-refractivity contribution in [1.29, 1.82) is 5.26 Å². The lowest BCUT2D eigenvalue weighted by atomic mass is 10.1. The molecule has 2 bridgehead atoms. The van der Waals surface area contributed by atoms with Gasteiger partial charge in [0.25, 0.3) is 11.5 Å². The number of hydrogen-bond donors (Lipinski definition) is 1. The van der Waals surface area contributed by atoms with Crippen LogP contribution in [0.5, 0.6) is 5.88 Å². The SMILES string of the molecule is Cn1c(=O)c(C(=O)NCc2ccc(C#N)cc2)cc2ccnc(OCC3(SN4CC5CCC(C4)O5)CC3)c21. The van der Waals surface area contributed by atoms with E-state index in [2.05, 4.69) is 20.7 Å². The second kappa shape index (κ2) is 10.1. The topological polar surface area (TPSA) is 109 Å². The van der Waals surface area contributed by atoms with Crippen LogP contribution >= 0.6 is 11.9 Å². The molecule has 2 atom stereocenters. The number of pyridine rings is 2. The molecule has 1 saturated carbocycles. The van der Waals surface area contributed by atoms with Gasteiger partial charge in [0.2, 0.25) is 5.88 Å². The number of carbonyl (C=O) groups is 1. The summed E-state index contributed by atoms with van der Waals surface area (Å²) in [5, 5.41) is 12.5. The summed E-state index contributed by atoms with van der Waals surface area (Å²) < 4.78 is 16.1. The van der Waals surface area contributed by atoms with E-state index in [4.69, 9.17) is 14.7 Å². The lowest BCUT2D eigenvalue weighted by Gasteiger charge is -2.33. The smallest absolute Gasteiger partial charge is 0.263 e. The van der Waals surface area contributed by atoms with Crippen LogP contribution in [-0.2, 0) is 18.3 Å². The summed E-state index contributed by atoms with van der Waals surface area (Å²) in [5.74, 6) is -0.0514. The zero-order valence-corrected chi connectivity index (χ0v) is 22.0. The Balaban J connectivity index is 1.15. The molecule has 3 fully saturated rings. The highest BCUT2D eigenvalue weighted by atomic mass is 32.2. The Bertz CT molecular complexity index is 1470. The molecule has 2 unspecified atom stereocenters. The quantitative estimate of drug-likeness (QED) is 0.442. The Morgan fingerprint density at radius 2 is 1.97 bits per heavy atom. The zero-order chi connectivity index (χ0) is 26.3. The molecule has 0 radical (unpaired) electrons. The molecule has 2 saturated heterocycles. The molecule has 0 spiro atoms. The Morgan fingerprint density at radius 3 is 2.66 bits per heavy atom. The number of carbonyl (C=O) groups excluding carboxylic acids is 1. The molecule has 1 N–H and O–H groups in total. The van der Waals surface area contributed by atoms with E-state index in [1.807, 2.05) is 11.9 Å². The molecule has 9 nitrogen and oxygen atoms in total. The number of ether oxygens (including phenoxy) is 2. The van der Waals surface area contributed by atoms with Crippen LogP contribution in [0.15, 0.2) is 47.4 Å². The highest BCUT2D eigenvalue weighted by molar-refractivity contribution is 7.98. The first-order valence-electron chi connectivity index (χ1n) is 12.9. The molecule has 2 aromatic heterocycles. The van der Waals surface area contributed by atoms with Crippen LogP contribution in [0, 0.1) is 11.3 Å². The maximum atomic E-state index is 13.2. The summed E-state index contributed by atoms with van der Waals surface area (Å²) in [6, 6.07) is 12.4. The van der Waals surface area contributed by atoms with Gasteiger partial charge in [-0.25, -0.2) is 9.29 Å². The Kier molecular flexibility index (Phi) is 6.60. The van der Waals surface area contributed by atoms with E-state index >= 15 is 0 Å². The molecule has 196 valence electrons. The van der Waals surface area contributed by atoms with E-state index in [1.165, 1.54) is 4.57 Å². The van der Waals surface area contributed by atoms with Crippen molar-refractivity contribution in [2.75, 3.05) is 19.7 Å². The van der Waals surface area contributed by atoms with Crippen molar-refractivity contribution in [3.8, 4) is 11.9 Å². The fourth-order valence-corrected chi connectivity index (χ4v) is 6.60. The minimum atomic E-state index is -0.455. The number of fused-ring (bicyclic) bond motifs is 3. The molecule has 3 aliphatic rings. The minimum absolute atomic E-state index is 0.0325. The first-order valence-corrected chi connectivity index (χ1v) is 13.7. The van der Waals surface area contributed by atoms with Crippen molar-refractivity contribution in [3.05, 3.63) is 69.6 Å². The molecule has 38 heavy (non-hydrogen) atoms. The van der Waals surface area contributed by atoms with Crippen molar-refractivity contribution in [2.45, 2.75) is 49.2 Å². The van der Waals surface area contributed by atoms with E-state index in [0.717, 1.165) is 44.3 Å². The van der Waals surface area contributed by atoms with Crippen LogP contribution < -0.4 is 15.6 Å². The summed E-state index contributed by atoms with van der Waals surface area (Å²) >= 11 is 1.89. The van der Waals surface area contributed by atoms with Gasteiger partial charge in [-0.05, 0) is 55.5 Å². The van der Waals surface area contributed by atoms with Crippen LogP contribution in [-0.4, -0.2) is 56.4 Å². The van der Waals surface area contributed by atoms with E-state index in [0.29, 0.717) is 41.2 Å². The largest absolute Gasteiger partial charge is 0.475 e. The normalized spacial score (nSPS) is 21.7. The average molecular weight is 532 g/mol. The number of rotatable bonds is 8. The molecular weight excluding hydrogens is 502 g/mol. The Hall–Kier alpha value is -3.39. The van der Waals surface area contributed by atoms with Gasteiger partial charge in [-0.15, -0.1) is 0 Å². The highest BCUT2D eigenvalue weighted by Crippen LogP contribution is 2.51. The third-order valence-electron chi connectivity index (χ3n) is 7.49. The lowest BCUT2D eigenvalue weighted by molar-refractivity contribution is -0.00869. The summed E-state index contributed by atoms with van der Waals surface area (Å²) in [6.45, 7) is 2.68. The van der Waals surface area contributed by atoms with Crippen LogP contribution in [0.1, 0.15) is 47.2 Å². The fourth-order valence-electron chi connectivity index (χ4n) is 5.17. The fraction of sp³-hybridized carbons (Fsp3) is 0.429. The zero-order valence-electron chi connectivity index (χ0n) is 21.2. The average Bonchev–Trinajstić information content (AvgIpc) is 3.61.